The van der Waals surface area contributed by atoms with Crippen LogP contribution in [0.2, 0.25) is 0 Å². The molecule has 9 heteroatoms. The van der Waals surface area contributed by atoms with Gasteiger partial charge in [0.25, 0.3) is 0 Å². The summed E-state index contributed by atoms with van der Waals surface area (Å²) in [7, 11) is 0. The molecule has 0 saturated carbocycles. The van der Waals surface area contributed by atoms with Gasteiger partial charge in [0.15, 0.2) is 17.3 Å². The van der Waals surface area contributed by atoms with Crippen molar-refractivity contribution in [3.05, 3.63) is 47.6 Å². The van der Waals surface area contributed by atoms with E-state index in [-0.39, 0.29) is 0 Å². The predicted molar refractivity (Wildman–Crippen MR) is 105 cm³/mol. The minimum atomic E-state index is 0.774. The number of thiophene rings is 1. The molecule has 5 heterocycles. The summed E-state index contributed by atoms with van der Waals surface area (Å²) < 4.78 is 1.79. The van der Waals surface area contributed by atoms with E-state index in [9.17, 15) is 0 Å². The summed E-state index contributed by atoms with van der Waals surface area (Å²) in [5.74, 6) is 2.67. The van der Waals surface area contributed by atoms with Crippen LogP contribution in [0.15, 0.2) is 41.8 Å². The molecule has 0 amide bonds. The molecule has 1 aliphatic heterocycles. The number of nitrogens with zero attached hydrogens (tertiary/aromatic N) is 8. The van der Waals surface area contributed by atoms with E-state index in [2.05, 4.69) is 52.8 Å². The highest BCUT2D eigenvalue weighted by Gasteiger charge is 2.20. The molecule has 1 saturated heterocycles. The van der Waals surface area contributed by atoms with Crippen LogP contribution in [0.5, 0.6) is 0 Å². The van der Waals surface area contributed by atoms with Crippen molar-refractivity contribution in [2.24, 2.45) is 0 Å². The summed E-state index contributed by atoms with van der Waals surface area (Å²) >= 11 is 1.68. The fraction of sp³-hybridized carbons (Fsp3) is 0.278. The quantitative estimate of drug-likeness (QED) is 0.541. The lowest BCUT2D eigenvalue weighted by atomic mass is 10.3. The Kier molecular flexibility index (Phi) is 3.93. The number of anilines is 2. The summed E-state index contributed by atoms with van der Waals surface area (Å²) in [5.41, 5.74) is 1.70. The minimum absolute atomic E-state index is 0.774. The molecule has 5 rings (SSSR count). The van der Waals surface area contributed by atoms with Gasteiger partial charge in [-0.3, -0.25) is 0 Å². The van der Waals surface area contributed by atoms with Gasteiger partial charge in [-0.1, -0.05) is 6.07 Å². The third-order valence-electron chi connectivity index (χ3n) is 4.76. The Hall–Kier alpha value is -3.07. The standard InChI is InChI=1S/C18H18N8S/c1-13-19-22-17-6-7-18(23-26(13)17)25-10-8-24(9-11-25)16-5-4-14(20-21-16)15-3-2-12-27-15/h2-7,12H,8-11H2,1H3. The van der Waals surface area contributed by atoms with Gasteiger partial charge in [-0.2, -0.15) is 4.52 Å². The van der Waals surface area contributed by atoms with E-state index in [1.807, 2.05) is 31.2 Å². The highest BCUT2D eigenvalue weighted by atomic mass is 32.1. The van der Waals surface area contributed by atoms with Crippen molar-refractivity contribution in [1.29, 1.82) is 0 Å². The zero-order valence-corrected chi connectivity index (χ0v) is 15.7. The van der Waals surface area contributed by atoms with Gasteiger partial charge < -0.3 is 9.80 Å². The van der Waals surface area contributed by atoms with Crippen molar-refractivity contribution in [1.82, 2.24) is 30.0 Å². The normalized spacial score (nSPS) is 14.9. The van der Waals surface area contributed by atoms with Crippen molar-refractivity contribution in [3.63, 3.8) is 0 Å². The fourth-order valence-corrected chi connectivity index (χ4v) is 3.96. The number of aromatic nitrogens is 6. The molecule has 0 N–H and O–H groups in total. The van der Waals surface area contributed by atoms with Crippen molar-refractivity contribution in [2.75, 3.05) is 36.0 Å². The Balaban J connectivity index is 1.28. The van der Waals surface area contributed by atoms with E-state index in [1.165, 1.54) is 0 Å². The molecule has 0 aliphatic carbocycles. The molecule has 1 fully saturated rings. The number of rotatable bonds is 3. The predicted octanol–water partition coefficient (Wildman–Crippen LogP) is 2.28. The minimum Gasteiger partial charge on any atom is -0.352 e. The molecule has 136 valence electrons. The van der Waals surface area contributed by atoms with Crippen LogP contribution in [-0.4, -0.2) is 56.2 Å². The lowest BCUT2D eigenvalue weighted by Crippen LogP contribution is -2.47. The first-order valence-electron chi connectivity index (χ1n) is 8.84. The van der Waals surface area contributed by atoms with E-state index in [4.69, 9.17) is 0 Å². The summed E-state index contributed by atoms with van der Waals surface area (Å²) in [6.07, 6.45) is 0. The van der Waals surface area contributed by atoms with Crippen molar-refractivity contribution >= 4 is 28.6 Å². The van der Waals surface area contributed by atoms with E-state index in [1.54, 1.807) is 15.9 Å². The number of piperazine rings is 1. The molecule has 1 aliphatic rings. The molecule has 4 aromatic rings. The smallest absolute Gasteiger partial charge is 0.178 e. The van der Waals surface area contributed by atoms with E-state index in [0.717, 1.165) is 59.9 Å². The highest BCUT2D eigenvalue weighted by molar-refractivity contribution is 7.13. The molecule has 0 radical (unpaired) electrons. The van der Waals surface area contributed by atoms with Crippen LogP contribution in [0.25, 0.3) is 16.2 Å². The zero-order chi connectivity index (χ0) is 18.2. The van der Waals surface area contributed by atoms with Crippen LogP contribution in [0, 0.1) is 6.92 Å². The second-order valence-electron chi connectivity index (χ2n) is 6.44. The Morgan fingerprint density at radius 3 is 2.30 bits per heavy atom. The van der Waals surface area contributed by atoms with Crippen LogP contribution >= 0.6 is 11.3 Å². The summed E-state index contributed by atoms with van der Waals surface area (Å²) in [5, 5.41) is 23.7. The highest BCUT2D eigenvalue weighted by Crippen LogP contribution is 2.24. The average molecular weight is 378 g/mol. The lowest BCUT2D eigenvalue weighted by Gasteiger charge is -2.35. The molecular formula is C18H18N8S. The van der Waals surface area contributed by atoms with E-state index < -0.39 is 0 Å². The Morgan fingerprint density at radius 1 is 0.815 bits per heavy atom. The van der Waals surface area contributed by atoms with Crippen LogP contribution in [-0.2, 0) is 0 Å². The van der Waals surface area contributed by atoms with E-state index >= 15 is 0 Å². The second kappa shape index (κ2) is 6.58. The fourth-order valence-electron chi connectivity index (χ4n) is 3.27. The van der Waals surface area contributed by atoms with Crippen molar-refractivity contribution in [3.8, 4) is 10.6 Å². The summed E-state index contributed by atoms with van der Waals surface area (Å²) in [6.45, 7) is 5.44. The largest absolute Gasteiger partial charge is 0.352 e. The first-order valence-corrected chi connectivity index (χ1v) is 9.72. The Morgan fingerprint density at radius 2 is 1.59 bits per heavy atom. The van der Waals surface area contributed by atoms with Crippen molar-refractivity contribution < 1.29 is 0 Å². The average Bonchev–Trinajstić information content (AvgIpc) is 3.39. The van der Waals surface area contributed by atoms with Crippen LogP contribution in [0.4, 0.5) is 11.6 Å². The van der Waals surface area contributed by atoms with Crippen molar-refractivity contribution in [2.45, 2.75) is 6.92 Å². The second-order valence-corrected chi connectivity index (χ2v) is 7.38. The molecule has 4 aromatic heterocycles. The number of hydrogen-bond acceptors (Lipinski definition) is 8. The van der Waals surface area contributed by atoms with E-state index in [0.29, 0.717) is 0 Å². The van der Waals surface area contributed by atoms with Gasteiger partial charge in [-0.15, -0.1) is 36.8 Å². The SMILES string of the molecule is Cc1nnc2ccc(N3CCN(c4ccc(-c5cccs5)nn4)CC3)nn12. The third kappa shape index (κ3) is 2.99. The van der Waals surface area contributed by atoms with Gasteiger partial charge in [0.1, 0.15) is 11.5 Å². The monoisotopic (exact) mass is 378 g/mol. The first-order chi connectivity index (χ1) is 13.3. The van der Waals surface area contributed by atoms with Gasteiger partial charge in [0.05, 0.1) is 4.88 Å². The number of aryl methyl sites for hydroxylation is 1. The molecular weight excluding hydrogens is 360 g/mol. The summed E-state index contributed by atoms with van der Waals surface area (Å²) in [6, 6.07) is 12.2. The molecule has 0 atom stereocenters. The van der Waals surface area contributed by atoms with Crippen LogP contribution in [0.3, 0.4) is 0 Å². The van der Waals surface area contributed by atoms with Gasteiger partial charge in [0, 0.05) is 26.2 Å². The topological polar surface area (TPSA) is 75.3 Å². The zero-order valence-electron chi connectivity index (χ0n) is 14.9. The maximum atomic E-state index is 4.67. The van der Waals surface area contributed by atoms with Gasteiger partial charge in [0.2, 0.25) is 0 Å². The van der Waals surface area contributed by atoms with Crippen LogP contribution < -0.4 is 9.80 Å². The molecule has 0 unspecified atom stereocenters. The maximum absolute atomic E-state index is 4.67. The number of fused-ring (bicyclic) bond motifs is 1. The molecule has 0 bridgehead atoms. The number of hydrogen-bond donors (Lipinski definition) is 0. The third-order valence-corrected chi connectivity index (χ3v) is 5.65. The Labute approximate surface area is 160 Å². The van der Waals surface area contributed by atoms with Gasteiger partial charge in [-0.05, 0) is 42.6 Å². The maximum Gasteiger partial charge on any atom is 0.178 e. The van der Waals surface area contributed by atoms with Gasteiger partial charge in [-0.25, -0.2) is 0 Å². The molecule has 0 spiro atoms. The summed E-state index contributed by atoms with van der Waals surface area (Å²) in [4.78, 5) is 5.69. The van der Waals surface area contributed by atoms with Crippen LogP contribution in [0.1, 0.15) is 5.82 Å². The molecule has 27 heavy (non-hydrogen) atoms. The lowest BCUT2D eigenvalue weighted by molar-refractivity contribution is 0.632. The van der Waals surface area contributed by atoms with Gasteiger partial charge >= 0.3 is 0 Å². The molecule has 0 aromatic carbocycles. The molecule has 8 nitrogen and oxygen atoms in total. The first kappa shape index (κ1) is 16.1. The Bertz CT molecular complexity index is 1050.